The average Bonchev–Trinajstić information content (AvgIpc) is 3.02. The molecule has 0 bridgehead atoms. The number of hydrogen-bond acceptors (Lipinski definition) is 4. The average molecular weight is 279 g/mol. The second-order valence-corrected chi connectivity index (χ2v) is 4.78. The molecule has 0 saturated heterocycles. The molecular weight excluding hydrogens is 262 g/mol. The second kappa shape index (κ2) is 6.81. The summed E-state index contributed by atoms with van der Waals surface area (Å²) in [5.41, 5.74) is 2.22. The molecule has 2 aromatic carbocycles. The van der Waals surface area contributed by atoms with E-state index in [0.717, 1.165) is 25.1 Å². The molecule has 3 aromatic rings. The van der Waals surface area contributed by atoms with Crippen LogP contribution in [0.5, 0.6) is 0 Å². The van der Waals surface area contributed by atoms with E-state index in [0.29, 0.717) is 11.8 Å². The Kier molecular flexibility index (Phi) is 4.39. The Labute approximate surface area is 123 Å². The van der Waals surface area contributed by atoms with Crippen LogP contribution in [0.4, 0.5) is 0 Å². The van der Waals surface area contributed by atoms with E-state index in [9.17, 15) is 0 Å². The maximum Gasteiger partial charge on any atom is 0.247 e. The largest absolute Gasteiger partial charge is 0.421 e. The maximum absolute atomic E-state index is 5.66. The molecule has 0 fully saturated rings. The van der Waals surface area contributed by atoms with Gasteiger partial charge in [-0.2, -0.15) is 0 Å². The lowest BCUT2D eigenvalue weighted by molar-refractivity contribution is 0.494. The molecule has 0 unspecified atom stereocenters. The van der Waals surface area contributed by atoms with E-state index in [1.807, 2.05) is 48.5 Å². The summed E-state index contributed by atoms with van der Waals surface area (Å²) in [7, 11) is 0. The standard InChI is InChI=1S/C17H17N3O/c1-3-7-14(8-4-1)13-18-12-11-16-19-20-17(21-16)15-9-5-2-6-10-15/h1-10,18H,11-13H2. The van der Waals surface area contributed by atoms with E-state index in [1.54, 1.807) is 0 Å². The van der Waals surface area contributed by atoms with Crippen molar-refractivity contribution in [3.63, 3.8) is 0 Å². The minimum absolute atomic E-state index is 0.577. The van der Waals surface area contributed by atoms with Crippen molar-refractivity contribution < 1.29 is 4.42 Å². The van der Waals surface area contributed by atoms with Crippen LogP contribution in [0, 0.1) is 0 Å². The van der Waals surface area contributed by atoms with Crippen molar-refractivity contribution in [1.29, 1.82) is 0 Å². The van der Waals surface area contributed by atoms with Crippen molar-refractivity contribution in [1.82, 2.24) is 15.5 Å². The summed E-state index contributed by atoms with van der Waals surface area (Å²) in [4.78, 5) is 0. The second-order valence-electron chi connectivity index (χ2n) is 4.78. The molecule has 0 amide bonds. The van der Waals surface area contributed by atoms with Crippen molar-refractivity contribution in [3.8, 4) is 11.5 Å². The van der Waals surface area contributed by atoms with Crippen LogP contribution < -0.4 is 5.32 Å². The Hall–Kier alpha value is -2.46. The molecule has 0 spiro atoms. The molecule has 0 aliphatic carbocycles. The highest BCUT2D eigenvalue weighted by molar-refractivity contribution is 5.51. The van der Waals surface area contributed by atoms with Gasteiger partial charge in [0.2, 0.25) is 11.8 Å². The molecule has 21 heavy (non-hydrogen) atoms. The number of benzene rings is 2. The Bertz CT molecular complexity index is 665. The highest BCUT2D eigenvalue weighted by Crippen LogP contribution is 2.16. The third-order valence-electron chi connectivity index (χ3n) is 3.18. The molecule has 4 nitrogen and oxygen atoms in total. The van der Waals surface area contributed by atoms with Gasteiger partial charge in [-0.3, -0.25) is 0 Å². The van der Waals surface area contributed by atoms with Gasteiger partial charge in [0.1, 0.15) is 0 Å². The Morgan fingerprint density at radius 3 is 2.33 bits per heavy atom. The first kappa shape index (κ1) is 13.5. The fourth-order valence-electron chi connectivity index (χ4n) is 2.08. The first-order valence-corrected chi connectivity index (χ1v) is 7.04. The SMILES string of the molecule is c1ccc(CNCCc2nnc(-c3ccccc3)o2)cc1. The first-order valence-electron chi connectivity index (χ1n) is 7.04. The van der Waals surface area contributed by atoms with Gasteiger partial charge in [-0.1, -0.05) is 48.5 Å². The number of rotatable bonds is 6. The van der Waals surface area contributed by atoms with Crippen molar-refractivity contribution >= 4 is 0 Å². The van der Waals surface area contributed by atoms with E-state index >= 15 is 0 Å². The van der Waals surface area contributed by atoms with E-state index in [1.165, 1.54) is 5.56 Å². The molecule has 1 heterocycles. The van der Waals surface area contributed by atoms with Crippen LogP contribution in [0.15, 0.2) is 65.1 Å². The lowest BCUT2D eigenvalue weighted by atomic mass is 10.2. The zero-order chi connectivity index (χ0) is 14.3. The van der Waals surface area contributed by atoms with Crippen LogP contribution in [0.2, 0.25) is 0 Å². The van der Waals surface area contributed by atoms with Crippen LogP contribution in [0.3, 0.4) is 0 Å². The van der Waals surface area contributed by atoms with Gasteiger partial charge in [-0.15, -0.1) is 10.2 Å². The predicted octanol–water partition coefficient (Wildman–Crippen LogP) is 3.07. The first-order chi connectivity index (χ1) is 10.4. The summed E-state index contributed by atoms with van der Waals surface area (Å²) in [5.74, 6) is 1.24. The van der Waals surface area contributed by atoms with E-state index in [4.69, 9.17) is 4.42 Å². The smallest absolute Gasteiger partial charge is 0.247 e. The molecule has 3 rings (SSSR count). The monoisotopic (exact) mass is 279 g/mol. The van der Waals surface area contributed by atoms with Crippen molar-refractivity contribution in [2.75, 3.05) is 6.54 Å². The van der Waals surface area contributed by atoms with Crippen LogP contribution in [-0.2, 0) is 13.0 Å². The van der Waals surface area contributed by atoms with E-state index in [-0.39, 0.29) is 0 Å². The third-order valence-corrected chi connectivity index (χ3v) is 3.18. The summed E-state index contributed by atoms with van der Waals surface area (Å²) in [6, 6.07) is 20.1. The van der Waals surface area contributed by atoms with Gasteiger partial charge in [-0.25, -0.2) is 0 Å². The zero-order valence-electron chi connectivity index (χ0n) is 11.7. The minimum Gasteiger partial charge on any atom is -0.421 e. The number of nitrogens with one attached hydrogen (secondary N) is 1. The van der Waals surface area contributed by atoms with Gasteiger partial charge in [0.25, 0.3) is 0 Å². The molecule has 4 heteroatoms. The highest BCUT2D eigenvalue weighted by atomic mass is 16.4. The van der Waals surface area contributed by atoms with Crippen molar-refractivity contribution in [2.24, 2.45) is 0 Å². The molecule has 0 aliphatic rings. The van der Waals surface area contributed by atoms with Crippen LogP contribution >= 0.6 is 0 Å². The van der Waals surface area contributed by atoms with Gasteiger partial charge in [-0.05, 0) is 17.7 Å². The molecule has 0 aliphatic heterocycles. The topological polar surface area (TPSA) is 51.0 Å². The van der Waals surface area contributed by atoms with Gasteiger partial charge in [0.15, 0.2) is 0 Å². The van der Waals surface area contributed by atoms with E-state index < -0.39 is 0 Å². The summed E-state index contributed by atoms with van der Waals surface area (Å²) in [5, 5.41) is 11.5. The maximum atomic E-state index is 5.66. The molecule has 106 valence electrons. The summed E-state index contributed by atoms with van der Waals surface area (Å²) in [6.07, 6.45) is 0.729. The molecule has 1 aromatic heterocycles. The molecule has 1 N–H and O–H groups in total. The molecule has 0 atom stereocenters. The highest BCUT2D eigenvalue weighted by Gasteiger charge is 2.07. The molecule has 0 radical (unpaired) electrons. The van der Waals surface area contributed by atoms with Gasteiger partial charge < -0.3 is 9.73 Å². The van der Waals surface area contributed by atoms with Crippen LogP contribution in [0.25, 0.3) is 11.5 Å². The zero-order valence-corrected chi connectivity index (χ0v) is 11.7. The molecular formula is C17H17N3O. The Morgan fingerprint density at radius 2 is 1.57 bits per heavy atom. The Morgan fingerprint density at radius 1 is 0.857 bits per heavy atom. The summed E-state index contributed by atoms with van der Waals surface area (Å²) < 4.78 is 5.66. The minimum atomic E-state index is 0.577. The third kappa shape index (κ3) is 3.77. The summed E-state index contributed by atoms with van der Waals surface area (Å²) in [6.45, 7) is 1.66. The lowest BCUT2D eigenvalue weighted by Gasteiger charge is -2.02. The number of nitrogens with zero attached hydrogens (tertiary/aromatic N) is 2. The van der Waals surface area contributed by atoms with Crippen molar-refractivity contribution in [2.45, 2.75) is 13.0 Å². The summed E-state index contributed by atoms with van der Waals surface area (Å²) >= 11 is 0. The quantitative estimate of drug-likeness (QED) is 0.705. The van der Waals surface area contributed by atoms with Gasteiger partial charge >= 0.3 is 0 Å². The Balaban J connectivity index is 1.49. The van der Waals surface area contributed by atoms with Crippen LogP contribution in [-0.4, -0.2) is 16.7 Å². The number of aromatic nitrogens is 2. The van der Waals surface area contributed by atoms with Gasteiger partial charge in [0.05, 0.1) is 0 Å². The molecule has 0 saturated carbocycles. The fraction of sp³-hybridized carbons (Fsp3) is 0.176. The van der Waals surface area contributed by atoms with Crippen LogP contribution in [0.1, 0.15) is 11.5 Å². The van der Waals surface area contributed by atoms with Gasteiger partial charge in [0, 0.05) is 25.1 Å². The predicted molar refractivity (Wildman–Crippen MR) is 81.6 cm³/mol. The fourth-order valence-corrected chi connectivity index (χ4v) is 2.08. The number of hydrogen-bond donors (Lipinski definition) is 1. The normalized spacial score (nSPS) is 10.7. The van der Waals surface area contributed by atoms with Crippen molar-refractivity contribution in [3.05, 3.63) is 72.1 Å². The lowest BCUT2D eigenvalue weighted by Crippen LogP contribution is -2.16. The van der Waals surface area contributed by atoms with E-state index in [2.05, 4.69) is 27.6 Å².